The van der Waals surface area contributed by atoms with E-state index in [9.17, 15) is 8.42 Å². The molecule has 1 aromatic rings. The van der Waals surface area contributed by atoms with Crippen molar-refractivity contribution in [3.05, 3.63) is 28.8 Å². The molecule has 0 unspecified atom stereocenters. The number of thiocarbonyl (C=S) groups is 1. The highest BCUT2D eigenvalue weighted by molar-refractivity contribution is 7.89. The summed E-state index contributed by atoms with van der Waals surface area (Å²) >= 11 is 10.8. The van der Waals surface area contributed by atoms with Crippen LogP contribution in [0.5, 0.6) is 0 Å². The Balaban J connectivity index is 2.70. The minimum Gasteiger partial charge on any atom is -0.389 e. The van der Waals surface area contributed by atoms with E-state index in [0.29, 0.717) is 18.7 Å². The van der Waals surface area contributed by atoms with Gasteiger partial charge in [-0.25, -0.2) is 13.1 Å². The fourth-order valence-electron chi connectivity index (χ4n) is 1.70. The first-order chi connectivity index (χ1) is 9.88. The minimum absolute atomic E-state index is 0.00800. The smallest absolute Gasteiger partial charge is 0.242 e. The van der Waals surface area contributed by atoms with Crippen LogP contribution in [0.1, 0.15) is 24.8 Å². The molecule has 118 valence electrons. The topological polar surface area (TPSA) is 81.4 Å². The normalized spacial score (nSPS) is 11.5. The summed E-state index contributed by atoms with van der Waals surface area (Å²) in [6.07, 6.45) is 2.52. The second kappa shape index (κ2) is 8.65. The molecule has 5 nitrogen and oxygen atoms in total. The summed E-state index contributed by atoms with van der Waals surface area (Å²) in [7, 11) is -2.03. The van der Waals surface area contributed by atoms with Crippen LogP contribution in [0.2, 0.25) is 5.02 Å². The van der Waals surface area contributed by atoms with Gasteiger partial charge < -0.3 is 10.5 Å². The minimum atomic E-state index is -3.67. The number of benzene rings is 1. The first kappa shape index (κ1) is 18.3. The molecule has 0 aliphatic heterocycles. The van der Waals surface area contributed by atoms with Gasteiger partial charge in [0.15, 0.2) is 0 Å². The molecule has 21 heavy (non-hydrogen) atoms. The Labute approximate surface area is 135 Å². The average Bonchev–Trinajstić information content (AvgIpc) is 2.42. The molecule has 1 rings (SSSR count). The quantitative estimate of drug-likeness (QED) is 0.526. The third-order valence-corrected chi connectivity index (χ3v) is 5.00. The van der Waals surface area contributed by atoms with Crippen molar-refractivity contribution in [2.75, 3.05) is 20.3 Å². The Kier molecular flexibility index (Phi) is 7.55. The standard InChI is InChI=1S/C13H19ClN2O3S2/c1-19-8-4-2-3-7-16-21(17,18)12-9-10(13(15)20)5-6-11(12)14/h5-6,9,16H,2-4,7-8H2,1H3,(H2,15,20). The van der Waals surface area contributed by atoms with Gasteiger partial charge in [0.1, 0.15) is 9.88 Å². The first-order valence-electron chi connectivity index (χ1n) is 6.46. The maximum atomic E-state index is 12.2. The van der Waals surface area contributed by atoms with E-state index in [1.807, 2.05) is 0 Å². The van der Waals surface area contributed by atoms with Crippen molar-refractivity contribution >= 4 is 38.8 Å². The highest BCUT2D eigenvalue weighted by atomic mass is 35.5. The van der Waals surface area contributed by atoms with Gasteiger partial charge in [0.25, 0.3) is 0 Å². The molecule has 0 aliphatic rings. The zero-order chi connectivity index (χ0) is 15.9. The number of nitrogens with one attached hydrogen (secondary N) is 1. The lowest BCUT2D eigenvalue weighted by molar-refractivity contribution is 0.192. The molecule has 3 N–H and O–H groups in total. The highest BCUT2D eigenvalue weighted by Gasteiger charge is 2.18. The van der Waals surface area contributed by atoms with E-state index in [2.05, 4.69) is 4.72 Å². The predicted molar refractivity (Wildman–Crippen MR) is 88.3 cm³/mol. The predicted octanol–water partition coefficient (Wildman–Crippen LogP) is 2.07. The SMILES string of the molecule is COCCCCCNS(=O)(=O)c1cc(C(N)=S)ccc1Cl. The van der Waals surface area contributed by atoms with Gasteiger partial charge in [0.05, 0.1) is 5.02 Å². The van der Waals surface area contributed by atoms with Gasteiger partial charge in [0.2, 0.25) is 10.0 Å². The fourth-order valence-corrected chi connectivity index (χ4v) is 3.42. The van der Waals surface area contributed by atoms with Crippen LogP contribution in [0, 0.1) is 0 Å². The van der Waals surface area contributed by atoms with Crippen LogP contribution < -0.4 is 10.5 Å². The third kappa shape index (κ3) is 5.88. The summed E-state index contributed by atoms with van der Waals surface area (Å²) in [5.41, 5.74) is 5.97. The van der Waals surface area contributed by atoms with Gasteiger partial charge in [-0.1, -0.05) is 29.9 Å². The number of ether oxygens (including phenoxy) is 1. The molecule has 0 atom stereocenters. The maximum Gasteiger partial charge on any atom is 0.242 e. The second-order valence-corrected chi connectivity index (χ2v) is 7.04. The van der Waals surface area contributed by atoms with E-state index in [1.54, 1.807) is 13.2 Å². The Morgan fingerprint density at radius 1 is 1.38 bits per heavy atom. The van der Waals surface area contributed by atoms with Crippen molar-refractivity contribution in [1.82, 2.24) is 4.72 Å². The van der Waals surface area contributed by atoms with Gasteiger partial charge >= 0.3 is 0 Å². The van der Waals surface area contributed by atoms with Crippen LogP contribution >= 0.6 is 23.8 Å². The van der Waals surface area contributed by atoms with Crippen LogP contribution in [-0.4, -0.2) is 33.7 Å². The molecule has 0 radical (unpaired) electrons. The van der Waals surface area contributed by atoms with Crippen molar-refractivity contribution in [3.8, 4) is 0 Å². The Morgan fingerprint density at radius 2 is 2.10 bits per heavy atom. The van der Waals surface area contributed by atoms with Gasteiger partial charge in [-0.05, 0) is 31.4 Å². The Morgan fingerprint density at radius 3 is 2.71 bits per heavy atom. The van der Waals surface area contributed by atoms with Crippen LogP contribution in [0.4, 0.5) is 0 Å². The number of nitrogens with two attached hydrogens (primary N) is 1. The zero-order valence-electron chi connectivity index (χ0n) is 11.8. The number of unbranched alkanes of at least 4 members (excludes halogenated alkanes) is 2. The molecular weight excluding hydrogens is 332 g/mol. The van der Waals surface area contributed by atoms with Crippen molar-refractivity contribution < 1.29 is 13.2 Å². The molecule has 0 fully saturated rings. The maximum absolute atomic E-state index is 12.2. The second-order valence-electron chi connectivity index (χ2n) is 4.46. The monoisotopic (exact) mass is 350 g/mol. The number of methoxy groups -OCH3 is 1. The van der Waals surface area contributed by atoms with E-state index in [0.717, 1.165) is 19.3 Å². The summed E-state index contributed by atoms with van der Waals surface area (Å²) in [6, 6.07) is 4.45. The third-order valence-electron chi connectivity index (χ3n) is 2.82. The van der Waals surface area contributed by atoms with Crippen molar-refractivity contribution in [2.24, 2.45) is 5.73 Å². The number of rotatable bonds is 9. The molecule has 0 bridgehead atoms. The largest absolute Gasteiger partial charge is 0.389 e. The van der Waals surface area contributed by atoms with Gasteiger partial charge in [-0.2, -0.15) is 0 Å². The summed E-state index contributed by atoms with van der Waals surface area (Å²) in [4.78, 5) is 0.119. The van der Waals surface area contributed by atoms with Gasteiger partial charge in [-0.15, -0.1) is 0 Å². The molecule has 0 amide bonds. The molecule has 0 heterocycles. The lowest BCUT2D eigenvalue weighted by Gasteiger charge is -2.10. The molecule has 0 saturated carbocycles. The summed E-state index contributed by atoms with van der Waals surface area (Å²) in [6.45, 7) is 1.02. The molecular formula is C13H19ClN2O3S2. The van der Waals surface area contributed by atoms with Gasteiger partial charge in [-0.3, -0.25) is 0 Å². The number of hydrogen-bond donors (Lipinski definition) is 2. The Bertz CT molecular complexity index is 591. The van der Waals surface area contributed by atoms with E-state index < -0.39 is 10.0 Å². The molecule has 0 aliphatic carbocycles. The Hall–Kier alpha value is -0.730. The lowest BCUT2D eigenvalue weighted by atomic mass is 10.2. The number of hydrogen-bond acceptors (Lipinski definition) is 4. The van der Waals surface area contributed by atoms with Gasteiger partial charge in [0, 0.05) is 25.8 Å². The van der Waals surface area contributed by atoms with E-state index in [4.69, 9.17) is 34.3 Å². The van der Waals surface area contributed by atoms with E-state index in [1.165, 1.54) is 12.1 Å². The van der Waals surface area contributed by atoms with Crippen molar-refractivity contribution in [2.45, 2.75) is 24.2 Å². The van der Waals surface area contributed by atoms with Crippen LogP contribution in [0.15, 0.2) is 23.1 Å². The number of halogens is 1. The van der Waals surface area contributed by atoms with E-state index >= 15 is 0 Å². The zero-order valence-corrected chi connectivity index (χ0v) is 14.2. The molecule has 0 aromatic heterocycles. The lowest BCUT2D eigenvalue weighted by Crippen LogP contribution is -2.25. The van der Waals surface area contributed by atoms with Crippen LogP contribution in [0.25, 0.3) is 0 Å². The molecule has 1 aromatic carbocycles. The van der Waals surface area contributed by atoms with Crippen molar-refractivity contribution in [3.63, 3.8) is 0 Å². The molecule has 0 spiro atoms. The summed E-state index contributed by atoms with van der Waals surface area (Å²) < 4.78 is 31.9. The number of sulfonamides is 1. The van der Waals surface area contributed by atoms with Crippen LogP contribution in [0.3, 0.4) is 0 Å². The summed E-state index contributed by atoms with van der Waals surface area (Å²) in [5.74, 6) is 0. The average molecular weight is 351 g/mol. The van der Waals surface area contributed by atoms with Crippen LogP contribution in [-0.2, 0) is 14.8 Å². The first-order valence-corrected chi connectivity index (χ1v) is 8.73. The van der Waals surface area contributed by atoms with E-state index in [-0.39, 0.29) is 14.9 Å². The fraction of sp³-hybridized carbons (Fsp3) is 0.462. The molecule has 8 heteroatoms. The highest BCUT2D eigenvalue weighted by Crippen LogP contribution is 2.22. The summed E-state index contributed by atoms with van der Waals surface area (Å²) in [5, 5.41) is 0.141. The molecule has 0 saturated heterocycles. The van der Waals surface area contributed by atoms with Crippen molar-refractivity contribution in [1.29, 1.82) is 0 Å².